The molecule has 0 spiro atoms. The van der Waals surface area contributed by atoms with Crippen LogP contribution in [0.1, 0.15) is 43.1 Å². The third-order valence-electron chi connectivity index (χ3n) is 5.64. The summed E-state index contributed by atoms with van der Waals surface area (Å²) in [5.74, 6) is -0.547. The number of hydrogen-bond donors (Lipinski definition) is 3. The number of aromatic nitrogens is 3. The summed E-state index contributed by atoms with van der Waals surface area (Å²) in [7, 11) is -3.14. The van der Waals surface area contributed by atoms with Crippen LogP contribution in [0.15, 0.2) is 36.7 Å². The van der Waals surface area contributed by atoms with Gasteiger partial charge in [-0.3, -0.25) is 9.78 Å². The molecule has 0 aliphatic heterocycles. The molecule has 3 N–H and O–H groups in total. The van der Waals surface area contributed by atoms with E-state index in [1.165, 1.54) is 26.2 Å². The van der Waals surface area contributed by atoms with Crippen LogP contribution in [0.5, 0.6) is 0 Å². The highest BCUT2D eigenvalue weighted by Gasteiger charge is 2.27. The number of nitrogens with one attached hydrogen (secondary N) is 2. The Morgan fingerprint density at radius 3 is 2.72 bits per heavy atom. The van der Waals surface area contributed by atoms with Gasteiger partial charge in [-0.15, -0.1) is 0 Å². The van der Waals surface area contributed by atoms with Gasteiger partial charge >= 0.3 is 0 Å². The highest BCUT2D eigenvalue weighted by molar-refractivity contribution is 7.91. The molecule has 3 aromatic rings. The number of pyridine rings is 1. The molecular weight excluding hydrogens is 487 g/mol. The number of nitrogens with zero attached hydrogens (tertiary/aromatic N) is 4. The number of amides is 1. The first-order chi connectivity index (χ1) is 16.9. The van der Waals surface area contributed by atoms with Crippen molar-refractivity contribution in [2.45, 2.75) is 39.0 Å². The van der Waals surface area contributed by atoms with Crippen LogP contribution in [0.3, 0.4) is 0 Å². The van der Waals surface area contributed by atoms with Gasteiger partial charge in [-0.1, -0.05) is 6.92 Å². The molecule has 36 heavy (non-hydrogen) atoms. The molecule has 12 heteroatoms. The van der Waals surface area contributed by atoms with Gasteiger partial charge in [0.15, 0.2) is 0 Å². The average Bonchev–Trinajstić information content (AvgIpc) is 3.27. The predicted octanol–water partition coefficient (Wildman–Crippen LogP) is 2.34. The van der Waals surface area contributed by atoms with Crippen LogP contribution in [-0.4, -0.2) is 70.4 Å². The van der Waals surface area contributed by atoms with Crippen molar-refractivity contribution in [2.24, 2.45) is 0 Å². The van der Waals surface area contributed by atoms with Gasteiger partial charge in [0.25, 0.3) is 5.91 Å². The van der Waals surface area contributed by atoms with Crippen LogP contribution in [0.2, 0.25) is 0 Å². The minimum Gasteiger partial charge on any atom is -0.387 e. The monoisotopic (exact) mass is 516 g/mol. The fourth-order valence-electron chi connectivity index (χ4n) is 3.36. The summed E-state index contributed by atoms with van der Waals surface area (Å²) >= 11 is 0. The zero-order valence-corrected chi connectivity index (χ0v) is 21.1. The third kappa shape index (κ3) is 6.56. The van der Waals surface area contributed by atoms with Gasteiger partial charge in [-0.25, -0.2) is 17.3 Å². The molecule has 192 valence electrons. The second-order valence-electron chi connectivity index (χ2n) is 8.87. The van der Waals surface area contributed by atoms with Crippen LogP contribution in [-0.2, 0) is 9.84 Å². The number of alkyl halides is 1. The largest absolute Gasteiger partial charge is 0.387 e. The van der Waals surface area contributed by atoms with Gasteiger partial charge in [0, 0.05) is 18.5 Å². The summed E-state index contributed by atoms with van der Waals surface area (Å²) < 4.78 is 39.4. The molecule has 0 radical (unpaired) electrons. The lowest BCUT2D eigenvalue weighted by Crippen LogP contribution is -2.42. The van der Waals surface area contributed by atoms with Crippen molar-refractivity contribution in [1.82, 2.24) is 19.9 Å². The lowest BCUT2D eigenvalue weighted by atomic mass is 10.0. The number of hydrogen-bond acceptors (Lipinski definition) is 8. The number of nitriles is 1. The molecule has 3 rings (SSSR count). The molecule has 0 aliphatic carbocycles. The Kier molecular flexibility index (Phi) is 8.27. The molecule has 0 bridgehead atoms. The summed E-state index contributed by atoms with van der Waals surface area (Å²) in [6.45, 7) is 4.09. The minimum absolute atomic E-state index is 0.000426. The van der Waals surface area contributed by atoms with Gasteiger partial charge in [-0.05, 0) is 44.5 Å². The Bertz CT molecular complexity index is 1390. The van der Waals surface area contributed by atoms with Crippen LogP contribution in [0.25, 0.3) is 16.9 Å². The number of carbonyl (C=O) groups is 1. The fourth-order valence-corrected chi connectivity index (χ4v) is 4.24. The molecule has 0 aliphatic rings. The van der Waals surface area contributed by atoms with Gasteiger partial charge in [0.2, 0.25) is 0 Å². The Morgan fingerprint density at radius 2 is 2.06 bits per heavy atom. The summed E-state index contributed by atoms with van der Waals surface area (Å²) in [4.78, 5) is 17.2. The molecule has 1 amide bonds. The van der Waals surface area contributed by atoms with Crippen molar-refractivity contribution in [3.63, 3.8) is 0 Å². The van der Waals surface area contributed by atoms with Crippen LogP contribution >= 0.6 is 0 Å². The van der Waals surface area contributed by atoms with Gasteiger partial charge in [0.05, 0.1) is 57.8 Å². The molecule has 0 saturated heterocycles. The molecule has 3 heterocycles. The van der Waals surface area contributed by atoms with E-state index in [0.29, 0.717) is 34.6 Å². The highest BCUT2D eigenvalue weighted by atomic mass is 32.2. The van der Waals surface area contributed by atoms with E-state index in [9.17, 15) is 22.7 Å². The van der Waals surface area contributed by atoms with Gasteiger partial charge < -0.3 is 15.7 Å². The number of aliphatic hydroxyl groups is 1. The van der Waals surface area contributed by atoms with E-state index < -0.39 is 34.1 Å². The molecule has 0 saturated carbocycles. The molecule has 0 aromatic carbocycles. The first-order valence-corrected chi connectivity index (χ1v) is 13.2. The van der Waals surface area contributed by atoms with E-state index in [1.54, 1.807) is 35.7 Å². The molecule has 0 fully saturated rings. The zero-order valence-electron chi connectivity index (χ0n) is 20.3. The van der Waals surface area contributed by atoms with Crippen molar-refractivity contribution < 1.29 is 22.7 Å². The number of sulfone groups is 1. The van der Waals surface area contributed by atoms with Crippen molar-refractivity contribution in [3.8, 4) is 17.5 Å². The van der Waals surface area contributed by atoms with E-state index in [1.807, 2.05) is 6.07 Å². The maximum absolute atomic E-state index is 14.1. The number of carbonyl (C=O) groups excluding carboxylic acids is 1. The van der Waals surface area contributed by atoms with Crippen molar-refractivity contribution in [3.05, 3.63) is 47.8 Å². The Hall–Kier alpha value is -3.56. The number of halogens is 1. The second kappa shape index (κ2) is 11.0. The van der Waals surface area contributed by atoms with Crippen LogP contribution < -0.4 is 10.6 Å². The van der Waals surface area contributed by atoms with E-state index >= 15 is 0 Å². The standard InChI is InChI=1S/C24H29FN6O4S/c1-4-36(34,35)9-5-8-27-19-11-20(21-7-6-17-10-16(12-26)13-30-31(17)21)28-14-18(19)23(32)29-15-22(25)24(2,3)33/h6-7,10-11,13-14,22,33H,4-5,8-9,15H2,1-3H3,(H,27,28)(H,29,32). The molecule has 3 aromatic heterocycles. The van der Waals surface area contributed by atoms with E-state index in [4.69, 9.17) is 5.26 Å². The Morgan fingerprint density at radius 1 is 1.31 bits per heavy atom. The van der Waals surface area contributed by atoms with Gasteiger partial charge in [0.1, 0.15) is 22.1 Å². The zero-order chi connectivity index (χ0) is 26.5. The number of rotatable bonds is 11. The fraction of sp³-hybridized carbons (Fsp3) is 0.417. The number of anilines is 1. The quantitative estimate of drug-likeness (QED) is 0.329. The van der Waals surface area contributed by atoms with Crippen molar-refractivity contribution >= 4 is 26.9 Å². The third-order valence-corrected chi connectivity index (χ3v) is 7.43. The SMILES string of the molecule is CCS(=O)(=O)CCCNc1cc(-c2ccc3cc(C#N)cnn23)ncc1C(=O)NCC(F)C(C)(C)O. The van der Waals surface area contributed by atoms with E-state index in [2.05, 4.69) is 20.7 Å². The number of fused-ring (bicyclic) bond motifs is 1. The summed E-state index contributed by atoms with van der Waals surface area (Å²) in [6.07, 6.45) is 1.42. The molecule has 1 atom stereocenters. The second-order valence-corrected chi connectivity index (χ2v) is 11.3. The predicted molar refractivity (Wildman–Crippen MR) is 134 cm³/mol. The summed E-state index contributed by atoms with van der Waals surface area (Å²) in [6, 6.07) is 8.92. The molecule has 1 unspecified atom stereocenters. The van der Waals surface area contributed by atoms with E-state index in [-0.39, 0.29) is 23.6 Å². The van der Waals surface area contributed by atoms with Crippen LogP contribution in [0.4, 0.5) is 10.1 Å². The minimum atomic E-state index is -3.14. The first kappa shape index (κ1) is 27.0. The lowest BCUT2D eigenvalue weighted by molar-refractivity contribution is -0.00177. The first-order valence-electron chi connectivity index (χ1n) is 11.4. The van der Waals surface area contributed by atoms with Crippen molar-refractivity contribution in [1.29, 1.82) is 5.26 Å². The summed E-state index contributed by atoms with van der Waals surface area (Å²) in [5, 5.41) is 28.7. The molecule has 10 nitrogen and oxygen atoms in total. The maximum atomic E-state index is 14.1. The Labute approximate surface area is 209 Å². The summed E-state index contributed by atoms with van der Waals surface area (Å²) in [5.41, 5.74) is 1.10. The lowest BCUT2D eigenvalue weighted by Gasteiger charge is -2.22. The average molecular weight is 517 g/mol. The normalized spacial score (nSPS) is 12.8. The molecular formula is C24H29FN6O4S. The van der Waals surface area contributed by atoms with E-state index in [0.717, 1.165) is 0 Å². The van der Waals surface area contributed by atoms with Crippen molar-refractivity contribution in [2.75, 3.05) is 29.9 Å². The topological polar surface area (TPSA) is 149 Å². The Balaban J connectivity index is 1.89. The van der Waals surface area contributed by atoms with Crippen LogP contribution in [0, 0.1) is 11.3 Å². The van der Waals surface area contributed by atoms with Gasteiger partial charge in [-0.2, -0.15) is 10.4 Å². The smallest absolute Gasteiger partial charge is 0.255 e. The highest BCUT2D eigenvalue weighted by Crippen LogP contribution is 2.25. The maximum Gasteiger partial charge on any atom is 0.255 e.